The van der Waals surface area contributed by atoms with Crippen LogP contribution in [0.1, 0.15) is 20.3 Å². The number of nitrogens with one attached hydrogen (secondary N) is 1. The van der Waals surface area contributed by atoms with Crippen LogP contribution in [0.2, 0.25) is 0 Å². The second kappa shape index (κ2) is 6.35. The number of anilines is 1. The number of carbonyl (C=O) groups excluding carboxylic acids is 2. The van der Waals surface area contributed by atoms with Gasteiger partial charge < -0.3 is 10.2 Å². The van der Waals surface area contributed by atoms with Gasteiger partial charge in [0.05, 0.1) is 5.92 Å². The molecule has 1 unspecified atom stereocenters. The molecule has 108 valence electrons. The molecule has 0 bridgehead atoms. The molecule has 0 saturated carbocycles. The van der Waals surface area contributed by atoms with Gasteiger partial charge in [-0.3, -0.25) is 9.59 Å². The molecule has 1 aromatic heterocycles. The van der Waals surface area contributed by atoms with Crippen LogP contribution in [-0.4, -0.2) is 34.8 Å². The van der Waals surface area contributed by atoms with E-state index in [0.29, 0.717) is 24.8 Å². The summed E-state index contributed by atoms with van der Waals surface area (Å²) in [4.78, 5) is 29.8. The van der Waals surface area contributed by atoms with E-state index in [1.54, 1.807) is 17.2 Å². The largest absolute Gasteiger partial charge is 0.342 e. The summed E-state index contributed by atoms with van der Waals surface area (Å²) in [6, 6.07) is 3.54. The van der Waals surface area contributed by atoms with Gasteiger partial charge in [-0.05, 0) is 34.0 Å². The maximum Gasteiger partial charge on any atom is 0.230 e. The van der Waals surface area contributed by atoms with Crippen LogP contribution in [-0.2, 0) is 9.59 Å². The van der Waals surface area contributed by atoms with Gasteiger partial charge in [-0.1, -0.05) is 13.8 Å². The van der Waals surface area contributed by atoms with Gasteiger partial charge in [0.15, 0.2) is 0 Å². The van der Waals surface area contributed by atoms with E-state index in [0.717, 1.165) is 4.47 Å². The third-order valence-electron chi connectivity index (χ3n) is 3.15. The van der Waals surface area contributed by atoms with Gasteiger partial charge in [0.2, 0.25) is 11.8 Å². The molecule has 0 aliphatic carbocycles. The van der Waals surface area contributed by atoms with Crippen LogP contribution in [0.15, 0.2) is 22.8 Å². The summed E-state index contributed by atoms with van der Waals surface area (Å²) in [5.74, 6) is 0.551. The second-order valence-electron chi connectivity index (χ2n) is 5.44. The van der Waals surface area contributed by atoms with Crippen LogP contribution in [0.25, 0.3) is 0 Å². The highest BCUT2D eigenvalue weighted by Crippen LogP contribution is 2.20. The number of aromatic nitrogens is 1. The summed E-state index contributed by atoms with van der Waals surface area (Å²) in [6.07, 6.45) is 1.91. The van der Waals surface area contributed by atoms with E-state index in [4.69, 9.17) is 0 Å². The number of hydrogen-bond acceptors (Lipinski definition) is 3. The van der Waals surface area contributed by atoms with Gasteiger partial charge in [-0.25, -0.2) is 4.98 Å². The van der Waals surface area contributed by atoms with Crippen molar-refractivity contribution in [1.29, 1.82) is 0 Å². The van der Waals surface area contributed by atoms with Crippen molar-refractivity contribution in [3.05, 3.63) is 22.8 Å². The molecule has 1 N–H and O–H groups in total. The molecule has 2 heterocycles. The zero-order valence-electron chi connectivity index (χ0n) is 11.6. The van der Waals surface area contributed by atoms with Crippen LogP contribution in [0, 0.1) is 11.8 Å². The first kappa shape index (κ1) is 15.0. The standard InChI is InChI=1S/C14H18BrN3O2/c1-9(2)7-18-8-10(5-13(18)19)14(20)17-12-4-3-11(15)6-16-12/h3-4,6,9-10H,5,7-8H2,1-2H3,(H,16,17,20). The van der Waals surface area contributed by atoms with Gasteiger partial charge in [0.1, 0.15) is 5.82 Å². The van der Waals surface area contributed by atoms with Crippen LogP contribution >= 0.6 is 15.9 Å². The molecule has 6 heteroatoms. The number of amides is 2. The molecule has 2 rings (SSSR count). The summed E-state index contributed by atoms with van der Waals surface area (Å²) < 4.78 is 0.856. The van der Waals surface area contributed by atoms with Crippen LogP contribution < -0.4 is 5.32 Å². The number of nitrogens with zero attached hydrogens (tertiary/aromatic N) is 2. The Morgan fingerprint density at radius 3 is 2.90 bits per heavy atom. The van der Waals surface area contributed by atoms with Crippen LogP contribution in [0.4, 0.5) is 5.82 Å². The number of pyridine rings is 1. The minimum Gasteiger partial charge on any atom is -0.342 e. The molecule has 0 aromatic carbocycles. The van der Waals surface area contributed by atoms with E-state index in [1.165, 1.54) is 0 Å². The van der Waals surface area contributed by atoms with E-state index in [-0.39, 0.29) is 24.2 Å². The first-order chi connectivity index (χ1) is 9.45. The Bertz CT molecular complexity index is 502. The van der Waals surface area contributed by atoms with E-state index >= 15 is 0 Å². The fourth-order valence-electron chi connectivity index (χ4n) is 2.24. The van der Waals surface area contributed by atoms with Crippen molar-refractivity contribution in [3.63, 3.8) is 0 Å². The van der Waals surface area contributed by atoms with Crippen molar-refractivity contribution in [2.24, 2.45) is 11.8 Å². The molecule has 1 saturated heterocycles. The van der Waals surface area contributed by atoms with Gasteiger partial charge in [-0.15, -0.1) is 0 Å². The molecule has 0 radical (unpaired) electrons. The van der Waals surface area contributed by atoms with E-state index < -0.39 is 0 Å². The normalized spacial score (nSPS) is 18.7. The van der Waals surface area contributed by atoms with Crippen molar-refractivity contribution < 1.29 is 9.59 Å². The summed E-state index contributed by atoms with van der Waals surface area (Å²) in [7, 11) is 0. The number of carbonyl (C=O) groups is 2. The van der Waals surface area contributed by atoms with Gasteiger partial charge in [0, 0.05) is 30.2 Å². The summed E-state index contributed by atoms with van der Waals surface area (Å²) in [6.45, 7) is 5.33. The summed E-state index contributed by atoms with van der Waals surface area (Å²) in [5, 5.41) is 2.76. The monoisotopic (exact) mass is 339 g/mol. The fraction of sp³-hybridized carbons (Fsp3) is 0.500. The zero-order chi connectivity index (χ0) is 14.7. The second-order valence-corrected chi connectivity index (χ2v) is 6.36. The minimum atomic E-state index is -0.285. The predicted molar refractivity (Wildman–Crippen MR) is 80.1 cm³/mol. The van der Waals surface area contributed by atoms with Gasteiger partial charge in [0.25, 0.3) is 0 Å². The van der Waals surface area contributed by atoms with Crippen LogP contribution in [0.3, 0.4) is 0 Å². The molecule has 1 fully saturated rings. The molecule has 5 nitrogen and oxygen atoms in total. The number of likely N-dealkylation sites (tertiary alicyclic amines) is 1. The van der Waals surface area contributed by atoms with Crippen molar-refractivity contribution in [1.82, 2.24) is 9.88 Å². The Morgan fingerprint density at radius 1 is 1.55 bits per heavy atom. The Balaban J connectivity index is 1.94. The predicted octanol–water partition coefficient (Wildman–Crippen LogP) is 2.29. The van der Waals surface area contributed by atoms with Crippen molar-refractivity contribution in [3.8, 4) is 0 Å². The lowest BCUT2D eigenvalue weighted by Gasteiger charge is -2.18. The molecule has 1 atom stereocenters. The number of halogens is 1. The average molecular weight is 340 g/mol. The third kappa shape index (κ3) is 3.79. The highest BCUT2D eigenvalue weighted by Gasteiger charge is 2.34. The van der Waals surface area contributed by atoms with Crippen molar-refractivity contribution in [2.75, 3.05) is 18.4 Å². The summed E-state index contributed by atoms with van der Waals surface area (Å²) >= 11 is 3.29. The quantitative estimate of drug-likeness (QED) is 0.915. The lowest BCUT2D eigenvalue weighted by Crippen LogP contribution is -2.31. The van der Waals surface area contributed by atoms with E-state index in [1.807, 2.05) is 6.07 Å². The first-order valence-corrected chi connectivity index (χ1v) is 7.45. The van der Waals surface area contributed by atoms with Crippen molar-refractivity contribution >= 4 is 33.6 Å². The number of hydrogen-bond donors (Lipinski definition) is 1. The third-order valence-corrected chi connectivity index (χ3v) is 3.62. The smallest absolute Gasteiger partial charge is 0.230 e. The maximum absolute atomic E-state index is 12.1. The lowest BCUT2D eigenvalue weighted by molar-refractivity contribution is -0.128. The maximum atomic E-state index is 12.1. The van der Waals surface area contributed by atoms with Crippen LogP contribution in [0.5, 0.6) is 0 Å². The minimum absolute atomic E-state index is 0.0580. The average Bonchev–Trinajstić information content (AvgIpc) is 2.73. The summed E-state index contributed by atoms with van der Waals surface area (Å²) in [5.41, 5.74) is 0. The molecular formula is C14H18BrN3O2. The van der Waals surface area contributed by atoms with Crippen molar-refractivity contribution in [2.45, 2.75) is 20.3 Å². The fourth-order valence-corrected chi connectivity index (χ4v) is 2.48. The SMILES string of the molecule is CC(C)CN1CC(C(=O)Nc2ccc(Br)cn2)CC1=O. The molecule has 1 aliphatic heterocycles. The molecule has 0 spiro atoms. The Hall–Kier alpha value is -1.43. The van der Waals surface area contributed by atoms with E-state index in [2.05, 4.69) is 40.1 Å². The lowest BCUT2D eigenvalue weighted by atomic mass is 10.1. The Kier molecular flexibility index (Phi) is 4.75. The topological polar surface area (TPSA) is 62.3 Å². The Labute approximate surface area is 126 Å². The molecule has 1 aromatic rings. The highest BCUT2D eigenvalue weighted by atomic mass is 79.9. The first-order valence-electron chi connectivity index (χ1n) is 6.66. The molecular weight excluding hydrogens is 322 g/mol. The highest BCUT2D eigenvalue weighted by molar-refractivity contribution is 9.10. The van der Waals surface area contributed by atoms with E-state index in [9.17, 15) is 9.59 Å². The molecule has 20 heavy (non-hydrogen) atoms. The van der Waals surface area contributed by atoms with Gasteiger partial charge >= 0.3 is 0 Å². The molecule has 2 amide bonds. The molecule has 1 aliphatic rings. The number of rotatable bonds is 4. The Morgan fingerprint density at radius 2 is 2.30 bits per heavy atom. The zero-order valence-corrected chi connectivity index (χ0v) is 13.2. The van der Waals surface area contributed by atoms with Gasteiger partial charge in [-0.2, -0.15) is 0 Å².